The molecule has 0 amide bonds. The Morgan fingerprint density at radius 3 is 2.95 bits per heavy atom. The number of benzene rings is 1. The molecule has 0 saturated heterocycles. The summed E-state index contributed by atoms with van der Waals surface area (Å²) in [6.45, 7) is 2.57. The summed E-state index contributed by atoms with van der Waals surface area (Å²) in [5.74, 6) is -0.446. The number of esters is 1. The summed E-state index contributed by atoms with van der Waals surface area (Å²) in [6, 6.07) is 5.16. The number of ether oxygens (including phenoxy) is 1. The third-order valence-corrected chi connectivity index (χ3v) is 3.66. The predicted molar refractivity (Wildman–Crippen MR) is 77.0 cm³/mol. The quantitative estimate of drug-likeness (QED) is 0.877. The lowest BCUT2D eigenvalue weighted by Crippen LogP contribution is -2.05. The molecule has 0 aliphatic carbocycles. The van der Waals surface area contributed by atoms with Crippen molar-refractivity contribution in [2.24, 2.45) is 0 Å². The highest BCUT2D eigenvalue weighted by Gasteiger charge is 2.11. The van der Waals surface area contributed by atoms with Gasteiger partial charge in [0.05, 0.1) is 34.9 Å². The molecular formula is C13H13ClN2O2S. The number of nitrogens with one attached hydrogen (secondary N) is 1. The first-order chi connectivity index (χ1) is 9.10. The zero-order valence-electron chi connectivity index (χ0n) is 10.6. The number of nitrogens with zero attached hydrogens (tertiary/aromatic N) is 1. The molecule has 0 atom stereocenters. The lowest BCUT2D eigenvalue weighted by molar-refractivity contribution is 0.0601. The molecule has 4 nitrogen and oxygen atoms in total. The predicted octanol–water partition coefficient (Wildman–Crippen LogP) is 3.50. The fourth-order valence-electron chi connectivity index (χ4n) is 1.58. The van der Waals surface area contributed by atoms with Crippen LogP contribution in [-0.4, -0.2) is 18.1 Å². The van der Waals surface area contributed by atoms with Gasteiger partial charge in [-0.25, -0.2) is 9.78 Å². The minimum atomic E-state index is -0.446. The molecule has 1 aromatic carbocycles. The molecule has 19 heavy (non-hydrogen) atoms. The number of hydrogen-bond acceptors (Lipinski definition) is 5. The molecule has 100 valence electrons. The fourth-order valence-corrected chi connectivity index (χ4v) is 2.39. The average molecular weight is 297 g/mol. The van der Waals surface area contributed by atoms with E-state index in [4.69, 9.17) is 11.6 Å². The molecule has 1 heterocycles. The van der Waals surface area contributed by atoms with Crippen LogP contribution >= 0.6 is 22.9 Å². The molecule has 0 bridgehead atoms. The molecule has 0 spiro atoms. The Morgan fingerprint density at radius 1 is 1.53 bits per heavy atom. The van der Waals surface area contributed by atoms with Crippen LogP contribution in [0.25, 0.3) is 0 Å². The van der Waals surface area contributed by atoms with Gasteiger partial charge in [0.15, 0.2) is 0 Å². The fraction of sp³-hybridized carbons (Fsp3) is 0.231. The summed E-state index contributed by atoms with van der Waals surface area (Å²) in [4.78, 5) is 15.9. The Morgan fingerprint density at radius 2 is 2.32 bits per heavy atom. The number of halogens is 1. The summed E-state index contributed by atoms with van der Waals surface area (Å²) in [5, 5.41) is 6.61. The minimum Gasteiger partial charge on any atom is -0.465 e. The first-order valence-electron chi connectivity index (χ1n) is 5.63. The maximum atomic E-state index is 11.5. The first-order valence-corrected chi connectivity index (χ1v) is 6.88. The maximum absolute atomic E-state index is 11.5. The second kappa shape index (κ2) is 6.04. The number of carbonyl (C=O) groups excluding carboxylic acids is 1. The highest BCUT2D eigenvalue weighted by Crippen LogP contribution is 2.22. The van der Waals surface area contributed by atoms with Crippen LogP contribution in [0.4, 0.5) is 5.69 Å². The Labute approximate surface area is 120 Å². The van der Waals surface area contributed by atoms with E-state index in [1.165, 1.54) is 7.11 Å². The number of anilines is 1. The van der Waals surface area contributed by atoms with Gasteiger partial charge in [-0.15, -0.1) is 11.3 Å². The lowest BCUT2D eigenvalue weighted by atomic mass is 10.2. The molecule has 2 aromatic rings. The molecular weight excluding hydrogens is 284 g/mol. The standard InChI is InChI=1S/C13H13ClN2O2S/c1-8-16-10(7-19-8)6-15-9-3-4-12(14)11(5-9)13(17)18-2/h3-5,7,15H,6H2,1-2H3. The van der Waals surface area contributed by atoms with Crippen LogP contribution in [0.3, 0.4) is 0 Å². The van der Waals surface area contributed by atoms with E-state index in [9.17, 15) is 4.79 Å². The third kappa shape index (κ3) is 3.45. The first kappa shape index (κ1) is 13.8. The van der Waals surface area contributed by atoms with Gasteiger partial charge in [0, 0.05) is 11.1 Å². The van der Waals surface area contributed by atoms with E-state index in [2.05, 4.69) is 15.0 Å². The van der Waals surface area contributed by atoms with Gasteiger partial charge in [0.1, 0.15) is 0 Å². The number of methoxy groups -OCH3 is 1. The highest BCUT2D eigenvalue weighted by molar-refractivity contribution is 7.09. The van der Waals surface area contributed by atoms with Crippen molar-refractivity contribution in [3.05, 3.63) is 44.9 Å². The average Bonchev–Trinajstić information content (AvgIpc) is 2.83. The smallest absolute Gasteiger partial charge is 0.339 e. The molecule has 6 heteroatoms. The Balaban J connectivity index is 2.10. The second-order valence-corrected chi connectivity index (χ2v) is 5.37. The molecule has 1 aromatic heterocycles. The molecule has 2 rings (SSSR count). The van der Waals surface area contributed by atoms with Crippen molar-refractivity contribution in [2.45, 2.75) is 13.5 Å². The Kier molecular flexibility index (Phi) is 4.39. The largest absolute Gasteiger partial charge is 0.465 e. The van der Waals surface area contributed by atoms with Gasteiger partial charge in [-0.2, -0.15) is 0 Å². The second-order valence-electron chi connectivity index (χ2n) is 3.90. The van der Waals surface area contributed by atoms with Crippen LogP contribution in [0.1, 0.15) is 21.1 Å². The molecule has 0 radical (unpaired) electrons. The number of aryl methyl sites for hydroxylation is 1. The number of thiazole rings is 1. The van der Waals surface area contributed by atoms with Crippen molar-refractivity contribution in [2.75, 3.05) is 12.4 Å². The molecule has 0 saturated carbocycles. The van der Waals surface area contributed by atoms with Crippen LogP contribution in [0.15, 0.2) is 23.6 Å². The van der Waals surface area contributed by atoms with E-state index >= 15 is 0 Å². The highest BCUT2D eigenvalue weighted by atomic mass is 35.5. The topological polar surface area (TPSA) is 51.2 Å². The SMILES string of the molecule is COC(=O)c1cc(NCc2csc(C)n2)ccc1Cl. The lowest BCUT2D eigenvalue weighted by Gasteiger charge is -2.08. The van der Waals surface area contributed by atoms with Gasteiger partial charge >= 0.3 is 5.97 Å². The van der Waals surface area contributed by atoms with Crippen LogP contribution in [0.5, 0.6) is 0 Å². The zero-order chi connectivity index (χ0) is 13.8. The van der Waals surface area contributed by atoms with Gasteiger partial charge in [-0.1, -0.05) is 11.6 Å². The summed E-state index contributed by atoms with van der Waals surface area (Å²) >= 11 is 7.56. The third-order valence-electron chi connectivity index (χ3n) is 2.51. The van der Waals surface area contributed by atoms with Crippen molar-refractivity contribution in [1.82, 2.24) is 4.98 Å². The van der Waals surface area contributed by atoms with Gasteiger partial charge in [-0.3, -0.25) is 0 Å². The Bertz CT molecular complexity index is 598. The van der Waals surface area contributed by atoms with E-state index in [0.29, 0.717) is 17.1 Å². The zero-order valence-corrected chi connectivity index (χ0v) is 12.1. The van der Waals surface area contributed by atoms with Crippen molar-refractivity contribution in [1.29, 1.82) is 0 Å². The van der Waals surface area contributed by atoms with Crippen LogP contribution < -0.4 is 5.32 Å². The van der Waals surface area contributed by atoms with E-state index in [0.717, 1.165) is 16.4 Å². The van der Waals surface area contributed by atoms with E-state index in [1.54, 1.807) is 23.5 Å². The van der Waals surface area contributed by atoms with Crippen LogP contribution in [-0.2, 0) is 11.3 Å². The van der Waals surface area contributed by atoms with Gasteiger partial charge in [-0.05, 0) is 25.1 Å². The van der Waals surface area contributed by atoms with Gasteiger partial charge in [0.25, 0.3) is 0 Å². The summed E-state index contributed by atoms with van der Waals surface area (Å²) in [7, 11) is 1.33. The number of carbonyl (C=O) groups is 1. The molecule has 1 N–H and O–H groups in total. The normalized spacial score (nSPS) is 10.3. The van der Waals surface area contributed by atoms with E-state index in [-0.39, 0.29) is 0 Å². The van der Waals surface area contributed by atoms with Crippen molar-refractivity contribution >= 4 is 34.6 Å². The summed E-state index contributed by atoms with van der Waals surface area (Å²) < 4.78 is 4.68. The summed E-state index contributed by atoms with van der Waals surface area (Å²) in [5.41, 5.74) is 2.12. The Hall–Kier alpha value is -1.59. The van der Waals surface area contributed by atoms with E-state index in [1.807, 2.05) is 18.4 Å². The number of aromatic nitrogens is 1. The van der Waals surface area contributed by atoms with Crippen LogP contribution in [0, 0.1) is 6.92 Å². The number of rotatable bonds is 4. The number of hydrogen-bond donors (Lipinski definition) is 1. The summed E-state index contributed by atoms with van der Waals surface area (Å²) in [6.07, 6.45) is 0. The minimum absolute atomic E-state index is 0.351. The molecule has 0 fully saturated rings. The van der Waals surface area contributed by atoms with Crippen molar-refractivity contribution < 1.29 is 9.53 Å². The molecule has 0 aliphatic heterocycles. The molecule has 0 unspecified atom stereocenters. The maximum Gasteiger partial charge on any atom is 0.339 e. The van der Waals surface area contributed by atoms with Crippen molar-refractivity contribution in [3.8, 4) is 0 Å². The monoisotopic (exact) mass is 296 g/mol. The van der Waals surface area contributed by atoms with Gasteiger partial charge < -0.3 is 10.1 Å². The molecule has 0 aliphatic rings. The van der Waals surface area contributed by atoms with E-state index < -0.39 is 5.97 Å². The van der Waals surface area contributed by atoms with Gasteiger partial charge in [0.2, 0.25) is 0 Å². The van der Waals surface area contributed by atoms with Crippen LogP contribution in [0.2, 0.25) is 5.02 Å². The van der Waals surface area contributed by atoms with Crippen molar-refractivity contribution in [3.63, 3.8) is 0 Å².